The topological polar surface area (TPSA) is 115 Å². The summed E-state index contributed by atoms with van der Waals surface area (Å²) in [5, 5.41) is 13.3. The van der Waals surface area contributed by atoms with Crippen LogP contribution in [-0.4, -0.2) is 27.3 Å². The minimum atomic E-state index is -0.918. The number of imide groups is 2. The molecule has 41 heavy (non-hydrogen) atoms. The van der Waals surface area contributed by atoms with Crippen molar-refractivity contribution in [3.8, 4) is 5.69 Å². The Balaban J connectivity index is 1.42. The number of halogens is 2. The third kappa shape index (κ3) is 5.49. The van der Waals surface area contributed by atoms with Gasteiger partial charge in [0.1, 0.15) is 5.57 Å². The normalized spacial score (nSPS) is 14.5. The summed E-state index contributed by atoms with van der Waals surface area (Å²) in [6, 6.07) is 19.6. The van der Waals surface area contributed by atoms with E-state index < -0.39 is 22.8 Å². The highest BCUT2D eigenvalue weighted by molar-refractivity contribution is 7.99. The number of nitrogens with zero attached hydrogens (tertiary/aromatic N) is 3. The van der Waals surface area contributed by atoms with E-state index in [0.29, 0.717) is 5.56 Å². The number of carbonyl (C=O) groups excluding carboxylic acids is 3. The van der Waals surface area contributed by atoms with Gasteiger partial charge in [-0.1, -0.05) is 41.0 Å². The van der Waals surface area contributed by atoms with Gasteiger partial charge < -0.3 is 4.57 Å². The zero-order valence-corrected chi connectivity index (χ0v) is 23.9. The third-order valence-electron chi connectivity index (χ3n) is 6.42. The molecular formula is C29H20Cl2N4O5S. The van der Waals surface area contributed by atoms with Crippen LogP contribution in [0.25, 0.3) is 11.8 Å². The van der Waals surface area contributed by atoms with Crippen LogP contribution in [0.2, 0.25) is 10.0 Å². The molecule has 0 bridgehead atoms. The summed E-state index contributed by atoms with van der Waals surface area (Å²) in [6.07, 6.45) is 1.45. The van der Waals surface area contributed by atoms with Crippen LogP contribution in [0.4, 0.5) is 16.2 Å². The predicted octanol–water partition coefficient (Wildman–Crippen LogP) is 7.13. The van der Waals surface area contributed by atoms with Crippen molar-refractivity contribution >= 4 is 70.3 Å². The fraction of sp³-hybridized carbons (Fsp3) is 0.0690. The lowest BCUT2D eigenvalue weighted by atomic mass is 10.1. The summed E-state index contributed by atoms with van der Waals surface area (Å²) in [7, 11) is 0. The molecule has 0 saturated carbocycles. The van der Waals surface area contributed by atoms with Crippen LogP contribution < -0.4 is 10.2 Å². The molecule has 4 amide bonds. The first kappa shape index (κ1) is 28.2. The highest BCUT2D eigenvalue weighted by atomic mass is 35.5. The molecule has 1 aliphatic heterocycles. The van der Waals surface area contributed by atoms with E-state index in [2.05, 4.69) is 5.32 Å². The smallest absolute Gasteiger partial charge is 0.318 e. The zero-order valence-electron chi connectivity index (χ0n) is 21.6. The maximum Gasteiger partial charge on any atom is 0.336 e. The van der Waals surface area contributed by atoms with Crippen molar-refractivity contribution in [2.45, 2.75) is 23.6 Å². The number of benzene rings is 3. The quantitative estimate of drug-likeness (QED) is 0.108. The number of nitro benzene ring substituents is 1. The van der Waals surface area contributed by atoms with E-state index in [0.717, 1.165) is 31.8 Å². The summed E-state index contributed by atoms with van der Waals surface area (Å²) >= 11 is 13.8. The van der Waals surface area contributed by atoms with Gasteiger partial charge in [0.05, 0.1) is 20.7 Å². The molecule has 206 valence electrons. The van der Waals surface area contributed by atoms with Crippen molar-refractivity contribution < 1.29 is 19.3 Å². The number of barbiturate groups is 1. The molecule has 4 aromatic rings. The van der Waals surface area contributed by atoms with Gasteiger partial charge in [0.15, 0.2) is 0 Å². The molecule has 1 aliphatic rings. The number of urea groups is 1. The van der Waals surface area contributed by atoms with Gasteiger partial charge in [0.25, 0.3) is 17.5 Å². The average Bonchev–Trinajstić information content (AvgIpc) is 3.22. The number of nitrogens with one attached hydrogen (secondary N) is 1. The van der Waals surface area contributed by atoms with Crippen molar-refractivity contribution in [3.63, 3.8) is 0 Å². The zero-order chi connectivity index (χ0) is 29.4. The molecule has 5 rings (SSSR count). The minimum Gasteiger partial charge on any atom is -0.318 e. The van der Waals surface area contributed by atoms with E-state index in [1.807, 2.05) is 48.7 Å². The van der Waals surface area contributed by atoms with Crippen LogP contribution in [0.3, 0.4) is 0 Å². The lowest BCUT2D eigenvalue weighted by Gasteiger charge is -2.27. The van der Waals surface area contributed by atoms with Crippen LogP contribution in [0.5, 0.6) is 0 Å². The van der Waals surface area contributed by atoms with Gasteiger partial charge in [-0.15, -0.1) is 0 Å². The number of rotatable bonds is 6. The number of carbonyl (C=O) groups is 3. The van der Waals surface area contributed by atoms with Gasteiger partial charge in [0, 0.05) is 39.0 Å². The first-order valence-electron chi connectivity index (χ1n) is 12.1. The van der Waals surface area contributed by atoms with E-state index in [4.69, 9.17) is 23.2 Å². The van der Waals surface area contributed by atoms with Crippen molar-refractivity contribution in [3.05, 3.63) is 115 Å². The molecule has 1 saturated heterocycles. The molecule has 3 aromatic carbocycles. The number of hydrogen-bond donors (Lipinski definition) is 1. The standard InChI is InChI=1S/C29H20Cl2N4O5S/c1-16-14-18(15-23-27(36)32-29(38)34(28(23)37)25-5-3-4-24(30)26(25)31)17(2)33(16)19-6-10-21(11-7-19)41-22-12-8-20(9-13-22)35(39)40/h3-15H,1-2H3,(H,32,36,38)/b23-15-. The van der Waals surface area contributed by atoms with Crippen molar-refractivity contribution in [2.75, 3.05) is 4.90 Å². The molecule has 0 radical (unpaired) electrons. The monoisotopic (exact) mass is 606 g/mol. The van der Waals surface area contributed by atoms with Gasteiger partial charge in [-0.25, -0.2) is 9.69 Å². The van der Waals surface area contributed by atoms with Crippen molar-refractivity contribution in [1.29, 1.82) is 0 Å². The van der Waals surface area contributed by atoms with E-state index in [1.165, 1.54) is 42.1 Å². The van der Waals surface area contributed by atoms with E-state index in [9.17, 15) is 24.5 Å². The maximum atomic E-state index is 13.4. The van der Waals surface area contributed by atoms with Crippen molar-refractivity contribution in [2.24, 2.45) is 0 Å². The largest absolute Gasteiger partial charge is 0.336 e. The second kappa shape index (κ2) is 11.2. The molecule has 0 atom stereocenters. The van der Waals surface area contributed by atoms with Crippen molar-refractivity contribution in [1.82, 2.24) is 9.88 Å². The Hall–Kier alpha value is -4.38. The Morgan fingerprint density at radius 1 is 0.927 bits per heavy atom. The van der Waals surface area contributed by atoms with Gasteiger partial charge >= 0.3 is 6.03 Å². The number of non-ortho nitro benzene ring substituents is 1. The van der Waals surface area contributed by atoms with Gasteiger partial charge in [0.2, 0.25) is 0 Å². The molecule has 9 nitrogen and oxygen atoms in total. The average molecular weight is 607 g/mol. The number of amides is 4. The molecule has 0 spiro atoms. The lowest BCUT2D eigenvalue weighted by molar-refractivity contribution is -0.384. The second-order valence-electron chi connectivity index (χ2n) is 9.04. The third-order valence-corrected chi connectivity index (χ3v) is 8.25. The summed E-state index contributed by atoms with van der Waals surface area (Å²) in [5.41, 5.74) is 2.99. The fourth-order valence-electron chi connectivity index (χ4n) is 4.46. The molecule has 12 heteroatoms. The number of anilines is 1. The predicted molar refractivity (Wildman–Crippen MR) is 158 cm³/mol. The van der Waals surface area contributed by atoms with Gasteiger partial charge in [-0.2, -0.15) is 0 Å². The molecule has 0 unspecified atom stereocenters. The number of nitro groups is 1. The van der Waals surface area contributed by atoms with Crippen LogP contribution in [0.15, 0.2) is 88.2 Å². The Kier molecular flexibility index (Phi) is 7.72. The highest BCUT2D eigenvalue weighted by Gasteiger charge is 2.38. The minimum absolute atomic E-state index is 0.0136. The van der Waals surface area contributed by atoms with Crippen LogP contribution in [0.1, 0.15) is 17.0 Å². The molecule has 0 aliphatic carbocycles. The Labute approximate surface area is 248 Å². The summed E-state index contributed by atoms with van der Waals surface area (Å²) in [5.74, 6) is -1.63. The van der Waals surface area contributed by atoms with Crippen LogP contribution in [-0.2, 0) is 9.59 Å². The Morgan fingerprint density at radius 3 is 2.20 bits per heavy atom. The molecule has 1 N–H and O–H groups in total. The van der Waals surface area contributed by atoms with E-state index >= 15 is 0 Å². The first-order valence-corrected chi connectivity index (χ1v) is 13.7. The van der Waals surface area contributed by atoms with Gasteiger partial charge in [-0.3, -0.25) is 25.0 Å². The highest BCUT2D eigenvalue weighted by Crippen LogP contribution is 2.35. The molecule has 2 heterocycles. The van der Waals surface area contributed by atoms with Gasteiger partial charge in [-0.05, 0) is 80.1 Å². The summed E-state index contributed by atoms with van der Waals surface area (Å²) in [4.78, 5) is 51.7. The van der Waals surface area contributed by atoms with Crippen LogP contribution >= 0.6 is 35.0 Å². The fourth-order valence-corrected chi connectivity index (χ4v) is 5.66. The van der Waals surface area contributed by atoms with E-state index in [-0.39, 0.29) is 27.0 Å². The van der Waals surface area contributed by atoms with E-state index in [1.54, 1.807) is 18.2 Å². The summed E-state index contributed by atoms with van der Waals surface area (Å²) < 4.78 is 1.98. The molecule has 1 fully saturated rings. The molecule has 1 aromatic heterocycles. The molecular weight excluding hydrogens is 587 g/mol. The second-order valence-corrected chi connectivity index (χ2v) is 11.0. The Morgan fingerprint density at radius 2 is 1.56 bits per heavy atom. The Bertz CT molecular complexity index is 1770. The summed E-state index contributed by atoms with van der Waals surface area (Å²) in [6.45, 7) is 3.76. The lowest BCUT2D eigenvalue weighted by Crippen LogP contribution is -2.54. The van der Waals surface area contributed by atoms with Crippen LogP contribution in [0, 0.1) is 24.0 Å². The first-order chi connectivity index (χ1) is 19.5. The number of aromatic nitrogens is 1. The SMILES string of the molecule is Cc1cc(/C=C2/C(=O)NC(=O)N(c3cccc(Cl)c3Cl)C2=O)c(C)n1-c1ccc(Sc2ccc([N+](=O)[O-])cc2)cc1. The number of aryl methyl sites for hydroxylation is 1. The number of hydrogen-bond acceptors (Lipinski definition) is 6. The maximum absolute atomic E-state index is 13.4.